The van der Waals surface area contributed by atoms with Crippen molar-refractivity contribution >= 4 is 53.8 Å². The van der Waals surface area contributed by atoms with Gasteiger partial charge in [-0.2, -0.15) is 0 Å². The number of fused-ring (bicyclic) bond motifs is 1. The Labute approximate surface area is 292 Å². The van der Waals surface area contributed by atoms with Gasteiger partial charge in [0.1, 0.15) is 11.4 Å². The van der Waals surface area contributed by atoms with Crippen LogP contribution in [0, 0.1) is 0 Å². The molecule has 1 N–H and O–H groups in total. The normalized spacial score (nSPS) is 13.7. The van der Waals surface area contributed by atoms with Crippen molar-refractivity contribution in [2.45, 2.75) is 119 Å². The summed E-state index contributed by atoms with van der Waals surface area (Å²) < 4.78 is 5.29. The molecule has 3 nitrogen and oxygen atoms in total. The van der Waals surface area contributed by atoms with Crippen LogP contribution >= 0.6 is 20.2 Å². The quantitative estimate of drug-likeness (QED) is 0.115. The van der Waals surface area contributed by atoms with Crippen LogP contribution in [-0.4, -0.2) is 11.4 Å². The average Bonchev–Trinajstić information content (AvgIpc) is 3.31. The molecule has 0 aliphatic carbocycles. The van der Waals surface area contributed by atoms with Crippen molar-refractivity contribution in [3.05, 3.63) is 94.4 Å². The summed E-state index contributed by atoms with van der Waals surface area (Å²) in [5.41, 5.74) is 8.81. The first kappa shape index (κ1) is 38.1. The second-order valence-corrected chi connectivity index (χ2v) is 18.0. The molecular formula is C40H53Cl2FeN2O+. The van der Waals surface area contributed by atoms with E-state index in [0.717, 1.165) is 45.1 Å². The van der Waals surface area contributed by atoms with Gasteiger partial charge in [-0.05, 0) is 69.9 Å². The van der Waals surface area contributed by atoms with E-state index in [1.807, 2.05) is 0 Å². The topological polar surface area (TPSA) is 37.5 Å². The minimum atomic E-state index is -0.0402. The summed E-state index contributed by atoms with van der Waals surface area (Å²) in [5, 5.41) is 2.22. The molecule has 0 radical (unpaired) electrons. The fraction of sp³-hybridized carbons (Fsp3) is 0.450. The van der Waals surface area contributed by atoms with Gasteiger partial charge < -0.3 is 4.42 Å². The van der Waals surface area contributed by atoms with E-state index in [4.69, 9.17) is 34.6 Å². The van der Waals surface area contributed by atoms with Gasteiger partial charge in [0.15, 0.2) is 0 Å². The Morgan fingerprint density at radius 3 is 1.00 bits per heavy atom. The number of hydrogen-bond acceptors (Lipinski definition) is 2. The third-order valence-electron chi connectivity index (χ3n) is 8.21. The second kappa shape index (κ2) is 14.4. The van der Waals surface area contributed by atoms with E-state index in [0.29, 0.717) is 0 Å². The van der Waals surface area contributed by atoms with Crippen LogP contribution in [0.5, 0.6) is 0 Å². The van der Waals surface area contributed by atoms with Crippen molar-refractivity contribution in [1.82, 2.24) is 0 Å². The van der Waals surface area contributed by atoms with Crippen LogP contribution in [0.2, 0.25) is 0 Å². The molecule has 0 unspecified atom stereocenters. The van der Waals surface area contributed by atoms with E-state index >= 15 is 0 Å². The van der Waals surface area contributed by atoms with Crippen LogP contribution in [0.1, 0.15) is 131 Å². The fourth-order valence-electron chi connectivity index (χ4n) is 5.87. The zero-order chi connectivity index (χ0) is 34.8. The predicted octanol–water partition coefficient (Wildman–Crippen LogP) is 13.4. The molecule has 0 saturated carbocycles. The Morgan fingerprint density at radius 2 is 0.761 bits per heavy atom. The van der Waals surface area contributed by atoms with E-state index in [1.54, 1.807) is 0 Å². The summed E-state index contributed by atoms with van der Waals surface area (Å²) in [5.74, 6) is 1.84. The second-order valence-electron chi connectivity index (χ2n) is 16.2. The standard InChI is InChI=1S/C40H52N2O.2ClH.Fe/c1-25(41-33-29(37(3,4)5)21-17-22-30(33)38(6,7)8)35-27-19-15-16-20-28(27)36(43-35)26(2)42-34-31(39(9,10)11)23-18-24-32(34)40(12,13)14;;;/h15-24H,1-14H3;2*1H;/q;;;+2/p-1. The number of benzene rings is 3. The van der Waals surface area contributed by atoms with Crippen LogP contribution < -0.4 is 0 Å². The molecule has 1 aromatic heterocycles. The van der Waals surface area contributed by atoms with Crippen LogP contribution in [0.15, 0.2) is 75.1 Å². The summed E-state index contributed by atoms with van der Waals surface area (Å²) in [6.07, 6.45) is 0. The first-order valence-electron chi connectivity index (χ1n) is 15.9. The Bertz CT molecular complexity index is 1550. The van der Waals surface area contributed by atoms with Crippen LogP contribution in [0.3, 0.4) is 0 Å². The third kappa shape index (κ3) is 8.75. The molecule has 0 aliphatic rings. The van der Waals surface area contributed by atoms with Crippen molar-refractivity contribution in [3.63, 3.8) is 0 Å². The zero-order valence-corrected chi connectivity index (χ0v) is 32.8. The number of furan rings is 1. The number of halogens is 2. The Balaban J connectivity index is 0.00000185. The van der Waals surface area contributed by atoms with Gasteiger partial charge >= 0.3 is 33.3 Å². The van der Waals surface area contributed by atoms with E-state index in [1.165, 1.54) is 22.3 Å². The summed E-state index contributed by atoms with van der Waals surface area (Å²) >= 11 is 0.194. The van der Waals surface area contributed by atoms with Gasteiger partial charge in [0.05, 0.1) is 22.1 Å². The maximum absolute atomic E-state index is 5.38. The van der Waals surface area contributed by atoms with Gasteiger partial charge in [-0.15, -0.1) is 0 Å². The molecule has 0 fully saturated rings. The molecule has 0 bridgehead atoms. The predicted molar refractivity (Wildman–Crippen MR) is 200 cm³/mol. The van der Waals surface area contributed by atoms with Crippen LogP contribution in [0.4, 0.5) is 11.4 Å². The molecule has 250 valence electrons. The molecule has 0 amide bonds. The van der Waals surface area contributed by atoms with Gasteiger partial charge in [0, 0.05) is 0 Å². The summed E-state index contributed by atoms with van der Waals surface area (Å²) in [6, 6.07) is 21.7. The summed E-state index contributed by atoms with van der Waals surface area (Å²) in [7, 11) is 9.53. The molecule has 4 rings (SSSR count). The van der Waals surface area contributed by atoms with E-state index < -0.39 is 0 Å². The van der Waals surface area contributed by atoms with Crippen LogP contribution in [-0.2, 0) is 34.8 Å². The molecule has 46 heavy (non-hydrogen) atoms. The van der Waals surface area contributed by atoms with Crippen LogP contribution in [0.25, 0.3) is 10.8 Å². The Morgan fingerprint density at radius 1 is 0.500 bits per heavy atom. The number of aliphatic imine (C=N–C) groups is 2. The molecule has 0 saturated heterocycles. The van der Waals surface area contributed by atoms with Crippen molar-refractivity contribution in [3.8, 4) is 0 Å². The van der Waals surface area contributed by atoms with Gasteiger partial charge in [0.2, 0.25) is 0 Å². The Hall–Kier alpha value is -2.36. The number of rotatable bonds is 4. The molecular weight excluding hydrogens is 651 g/mol. The molecule has 0 aliphatic heterocycles. The van der Waals surface area contributed by atoms with Crippen molar-refractivity contribution in [1.29, 1.82) is 0 Å². The number of para-hydroxylation sites is 2. The van der Waals surface area contributed by atoms with Gasteiger partial charge in [-0.25, -0.2) is 9.98 Å². The molecule has 4 aromatic rings. The summed E-state index contributed by atoms with van der Waals surface area (Å²) in [4.78, 5) is 10.8. The van der Waals surface area contributed by atoms with E-state index in [-0.39, 0.29) is 34.8 Å². The minimum absolute atomic E-state index is 0.0402. The van der Waals surface area contributed by atoms with E-state index in [2.05, 4.69) is 158 Å². The van der Waals surface area contributed by atoms with E-state index in [9.17, 15) is 0 Å². The van der Waals surface area contributed by atoms with Crippen molar-refractivity contribution in [2.24, 2.45) is 9.98 Å². The zero-order valence-electron chi connectivity index (χ0n) is 30.2. The molecule has 6 heteroatoms. The molecule has 0 spiro atoms. The maximum atomic E-state index is 5.38. The molecule has 3 aromatic carbocycles. The van der Waals surface area contributed by atoms with Gasteiger partial charge in [-0.3, -0.25) is 0 Å². The monoisotopic (exact) mass is 703 g/mol. The SMILES string of the molecule is CC(=Nc1c(C(C)(C)C)cccc1C(C)(C)C)c1[oH+]c(C(C)=Nc2c(C(C)(C)C)cccc2C(C)(C)C)c2ccccc12.[Cl][Fe][Cl]. The summed E-state index contributed by atoms with van der Waals surface area (Å²) in [6.45, 7) is 31.4. The van der Waals surface area contributed by atoms with Crippen molar-refractivity contribution < 1.29 is 17.6 Å². The first-order chi connectivity index (χ1) is 21.1. The number of nitrogens with zero attached hydrogens (tertiary/aromatic N) is 2. The molecule has 1 heterocycles. The average molecular weight is 705 g/mol. The van der Waals surface area contributed by atoms with Gasteiger partial charge in [-0.1, -0.05) is 132 Å². The fourth-order valence-corrected chi connectivity index (χ4v) is 5.87. The third-order valence-corrected chi connectivity index (χ3v) is 8.21. The number of hydrogen-bond donors (Lipinski definition) is 0. The van der Waals surface area contributed by atoms with Crippen molar-refractivity contribution in [2.75, 3.05) is 0 Å². The Kier molecular flexibility index (Phi) is 11.9. The first-order valence-corrected chi connectivity index (χ1v) is 19.0. The van der Waals surface area contributed by atoms with Gasteiger partial charge in [0.25, 0.3) is 11.5 Å². The molecule has 0 atom stereocenters.